The quantitative estimate of drug-likeness (QED) is 0.225. The lowest BCUT2D eigenvalue weighted by Crippen LogP contribution is -2.20. The highest BCUT2D eigenvalue weighted by Crippen LogP contribution is 2.28. The summed E-state index contributed by atoms with van der Waals surface area (Å²) < 4.78 is 18.5. The Kier molecular flexibility index (Phi) is 8.75. The van der Waals surface area contributed by atoms with E-state index in [1.54, 1.807) is 48.5 Å². The van der Waals surface area contributed by atoms with Crippen LogP contribution in [0.15, 0.2) is 96.4 Å². The van der Waals surface area contributed by atoms with E-state index in [9.17, 15) is 9.59 Å². The molecular formula is C29H28N4O5. The van der Waals surface area contributed by atoms with Crippen LogP contribution in [0, 0.1) is 0 Å². The van der Waals surface area contributed by atoms with Gasteiger partial charge in [0.15, 0.2) is 18.1 Å². The predicted octanol–water partition coefficient (Wildman–Crippen LogP) is 4.67. The molecule has 0 aliphatic rings. The molecule has 1 heterocycles. The number of para-hydroxylation sites is 3. The fraction of sp³-hybridized carbons (Fsp3) is 0.138. The number of amides is 2. The lowest BCUT2D eigenvalue weighted by molar-refractivity contribution is -0.118. The van der Waals surface area contributed by atoms with Gasteiger partial charge in [-0.2, -0.15) is 5.10 Å². The zero-order valence-electron chi connectivity index (χ0n) is 21.1. The van der Waals surface area contributed by atoms with Crippen LogP contribution in [0.25, 0.3) is 5.69 Å². The van der Waals surface area contributed by atoms with E-state index in [1.165, 1.54) is 13.3 Å². The minimum absolute atomic E-state index is 0.220. The zero-order valence-corrected chi connectivity index (χ0v) is 21.1. The van der Waals surface area contributed by atoms with Crippen molar-refractivity contribution in [3.05, 3.63) is 102 Å². The third-order valence-electron chi connectivity index (χ3n) is 5.42. The molecule has 0 aliphatic heterocycles. The summed E-state index contributed by atoms with van der Waals surface area (Å²) in [6.45, 7) is 2.03. The van der Waals surface area contributed by atoms with E-state index >= 15 is 0 Å². The van der Waals surface area contributed by atoms with Crippen LogP contribution in [0.1, 0.15) is 22.8 Å². The third kappa shape index (κ3) is 6.58. The number of hydrazone groups is 1. The molecule has 0 unspecified atom stereocenters. The van der Waals surface area contributed by atoms with Crippen LogP contribution in [0.5, 0.6) is 17.2 Å². The maximum Gasteiger partial charge on any atom is 0.273 e. The highest BCUT2D eigenvalue weighted by Gasteiger charge is 2.13. The van der Waals surface area contributed by atoms with Gasteiger partial charge in [0, 0.05) is 12.4 Å². The molecule has 2 amide bonds. The molecule has 38 heavy (non-hydrogen) atoms. The van der Waals surface area contributed by atoms with Gasteiger partial charge in [-0.15, -0.1) is 0 Å². The van der Waals surface area contributed by atoms with Gasteiger partial charge in [0.25, 0.3) is 11.8 Å². The van der Waals surface area contributed by atoms with E-state index in [-0.39, 0.29) is 18.4 Å². The number of anilines is 1. The summed E-state index contributed by atoms with van der Waals surface area (Å²) in [4.78, 5) is 25.2. The van der Waals surface area contributed by atoms with Crippen molar-refractivity contribution in [1.82, 2.24) is 9.99 Å². The third-order valence-corrected chi connectivity index (χ3v) is 5.42. The van der Waals surface area contributed by atoms with Crippen molar-refractivity contribution in [2.24, 2.45) is 5.10 Å². The Morgan fingerprint density at radius 3 is 2.45 bits per heavy atom. The van der Waals surface area contributed by atoms with E-state index in [1.807, 2.05) is 54.2 Å². The van der Waals surface area contributed by atoms with Crippen LogP contribution in [-0.2, 0) is 4.79 Å². The maximum absolute atomic E-state index is 12.8. The summed E-state index contributed by atoms with van der Waals surface area (Å²) in [5, 5.41) is 6.87. The molecule has 0 saturated carbocycles. The molecule has 0 spiro atoms. The first-order valence-electron chi connectivity index (χ1n) is 12.0. The van der Waals surface area contributed by atoms with E-state index in [0.29, 0.717) is 40.7 Å². The van der Waals surface area contributed by atoms with Gasteiger partial charge in [0.05, 0.1) is 36.9 Å². The Morgan fingerprint density at radius 2 is 1.66 bits per heavy atom. The van der Waals surface area contributed by atoms with Gasteiger partial charge >= 0.3 is 0 Å². The second-order valence-electron chi connectivity index (χ2n) is 7.98. The number of aromatic nitrogens is 1. The first-order chi connectivity index (χ1) is 18.6. The number of hydrogen-bond donors (Lipinski definition) is 2. The lowest BCUT2D eigenvalue weighted by Gasteiger charge is -2.13. The van der Waals surface area contributed by atoms with Crippen molar-refractivity contribution < 1.29 is 23.8 Å². The number of benzene rings is 3. The largest absolute Gasteiger partial charge is 0.495 e. The van der Waals surface area contributed by atoms with Crippen LogP contribution in [0.4, 0.5) is 5.69 Å². The Labute approximate surface area is 220 Å². The number of methoxy groups -OCH3 is 1. The topological polar surface area (TPSA) is 103 Å². The van der Waals surface area contributed by atoms with Crippen LogP contribution in [-0.4, -0.2) is 42.9 Å². The Balaban J connectivity index is 1.39. The fourth-order valence-corrected chi connectivity index (χ4v) is 3.68. The predicted molar refractivity (Wildman–Crippen MR) is 146 cm³/mol. The minimum Gasteiger partial charge on any atom is -0.495 e. The summed E-state index contributed by atoms with van der Waals surface area (Å²) >= 11 is 0. The van der Waals surface area contributed by atoms with Crippen molar-refractivity contribution in [2.75, 3.05) is 25.6 Å². The number of nitrogens with one attached hydrogen (secondary N) is 2. The molecule has 3 aromatic carbocycles. The van der Waals surface area contributed by atoms with Gasteiger partial charge in [-0.05, 0) is 67.1 Å². The average Bonchev–Trinajstić information content (AvgIpc) is 3.48. The zero-order chi connectivity index (χ0) is 26.7. The average molecular weight is 513 g/mol. The number of rotatable bonds is 11. The van der Waals surface area contributed by atoms with Crippen LogP contribution in [0.2, 0.25) is 0 Å². The molecule has 4 rings (SSSR count). The smallest absolute Gasteiger partial charge is 0.273 e. The number of carbonyl (C=O) groups excluding carboxylic acids is 2. The van der Waals surface area contributed by atoms with E-state index in [0.717, 1.165) is 5.69 Å². The first-order valence-corrected chi connectivity index (χ1v) is 12.0. The maximum atomic E-state index is 12.8. The van der Waals surface area contributed by atoms with Crippen molar-refractivity contribution in [3.63, 3.8) is 0 Å². The Hall–Kier alpha value is -5.05. The standard InChI is InChI=1S/C29H28N4O5/c1-3-37-27-18-21(14-15-26(27)38-20-28(34)31-23-11-5-7-13-25(23)36-2)19-30-32-29(35)22-10-4-6-12-24(22)33-16-8-9-17-33/h4-19H,3,20H2,1-2H3,(H,31,34)(H,32,35)/b30-19-. The van der Waals surface area contributed by atoms with Gasteiger partial charge in [-0.3, -0.25) is 9.59 Å². The minimum atomic E-state index is -0.342. The second kappa shape index (κ2) is 12.8. The second-order valence-corrected chi connectivity index (χ2v) is 7.98. The lowest BCUT2D eigenvalue weighted by atomic mass is 10.1. The first kappa shape index (κ1) is 26.0. The molecule has 0 bridgehead atoms. The molecule has 0 atom stereocenters. The number of hydrogen-bond acceptors (Lipinski definition) is 6. The van der Waals surface area contributed by atoms with Crippen LogP contribution >= 0.6 is 0 Å². The number of nitrogens with zero attached hydrogens (tertiary/aromatic N) is 2. The fourth-order valence-electron chi connectivity index (χ4n) is 3.68. The molecule has 194 valence electrons. The molecule has 9 heteroatoms. The molecule has 2 N–H and O–H groups in total. The molecule has 9 nitrogen and oxygen atoms in total. The molecule has 4 aromatic rings. The summed E-state index contributed by atoms with van der Waals surface area (Å²) in [6.07, 6.45) is 5.25. The molecule has 0 aliphatic carbocycles. The number of ether oxygens (including phenoxy) is 3. The summed E-state index contributed by atoms with van der Waals surface area (Å²) in [5.41, 5.74) is 5.04. The number of carbonyl (C=O) groups is 2. The molecule has 0 saturated heterocycles. The van der Waals surface area contributed by atoms with Crippen molar-refractivity contribution >= 4 is 23.7 Å². The Bertz CT molecular complexity index is 1420. The van der Waals surface area contributed by atoms with Crippen LogP contribution < -0.4 is 25.0 Å². The normalized spacial score (nSPS) is 10.7. The molecule has 1 aromatic heterocycles. The van der Waals surface area contributed by atoms with Crippen LogP contribution in [0.3, 0.4) is 0 Å². The highest BCUT2D eigenvalue weighted by molar-refractivity contribution is 5.98. The van der Waals surface area contributed by atoms with Gasteiger partial charge in [-0.1, -0.05) is 24.3 Å². The van der Waals surface area contributed by atoms with Crippen molar-refractivity contribution in [1.29, 1.82) is 0 Å². The SMILES string of the molecule is CCOc1cc(/C=N\NC(=O)c2ccccc2-n2cccc2)ccc1OCC(=O)Nc1ccccc1OC. The van der Waals surface area contributed by atoms with E-state index in [2.05, 4.69) is 15.8 Å². The molecule has 0 fully saturated rings. The van der Waals surface area contributed by atoms with Gasteiger partial charge < -0.3 is 24.1 Å². The summed E-state index contributed by atoms with van der Waals surface area (Å²) in [6, 6.07) is 23.3. The highest BCUT2D eigenvalue weighted by atomic mass is 16.5. The van der Waals surface area contributed by atoms with Gasteiger partial charge in [0.1, 0.15) is 5.75 Å². The van der Waals surface area contributed by atoms with E-state index < -0.39 is 0 Å². The van der Waals surface area contributed by atoms with Crippen molar-refractivity contribution in [3.8, 4) is 22.9 Å². The van der Waals surface area contributed by atoms with Gasteiger partial charge in [0.2, 0.25) is 0 Å². The monoisotopic (exact) mass is 512 g/mol. The molecule has 0 radical (unpaired) electrons. The summed E-state index contributed by atoms with van der Waals surface area (Å²) in [7, 11) is 1.54. The molecular weight excluding hydrogens is 484 g/mol. The van der Waals surface area contributed by atoms with Gasteiger partial charge in [-0.25, -0.2) is 5.43 Å². The summed E-state index contributed by atoms with van der Waals surface area (Å²) in [5.74, 6) is 0.733. The van der Waals surface area contributed by atoms with E-state index in [4.69, 9.17) is 14.2 Å². The van der Waals surface area contributed by atoms with Crippen molar-refractivity contribution in [2.45, 2.75) is 6.92 Å². The Morgan fingerprint density at radius 1 is 0.895 bits per heavy atom.